The molecule has 37 heavy (non-hydrogen) atoms. The molecule has 3 atom stereocenters. The molecule has 0 saturated heterocycles. The summed E-state index contributed by atoms with van der Waals surface area (Å²) in [5, 5.41) is 16.7. The molecule has 1 aromatic heterocycles. The van der Waals surface area contributed by atoms with Crippen molar-refractivity contribution in [2.24, 2.45) is 11.5 Å². The molecule has 3 rings (SSSR count). The van der Waals surface area contributed by atoms with Gasteiger partial charge in [-0.15, -0.1) is 11.3 Å². The number of aliphatic hydroxyl groups excluding tert-OH is 1. The Morgan fingerprint density at radius 1 is 0.811 bits per heavy atom. The predicted molar refractivity (Wildman–Crippen MR) is 141 cm³/mol. The van der Waals surface area contributed by atoms with E-state index in [1.807, 2.05) is 72.1 Å². The number of aryl methyl sites for hydroxylation is 1. The van der Waals surface area contributed by atoms with Gasteiger partial charge in [-0.3, -0.25) is 19.2 Å². The lowest BCUT2D eigenvalue weighted by Crippen LogP contribution is -2.54. The number of nitrogens with one attached hydrogen (secondary N) is 2. The molecule has 0 saturated carbocycles. The number of benzene rings is 2. The Morgan fingerprint density at radius 3 is 2.08 bits per heavy atom. The fourth-order valence-electron chi connectivity index (χ4n) is 3.73. The van der Waals surface area contributed by atoms with Gasteiger partial charge in [-0.05, 0) is 41.0 Å². The highest BCUT2D eigenvalue weighted by molar-refractivity contribution is 7.09. The van der Waals surface area contributed by atoms with E-state index < -0.39 is 48.2 Å². The second-order valence-electron chi connectivity index (χ2n) is 8.59. The van der Waals surface area contributed by atoms with Crippen LogP contribution in [0.3, 0.4) is 0 Å². The first-order valence-corrected chi connectivity index (χ1v) is 12.6. The second-order valence-corrected chi connectivity index (χ2v) is 9.62. The van der Waals surface area contributed by atoms with Crippen molar-refractivity contribution in [1.82, 2.24) is 10.6 Å². The molecule has 10 heteroatoms. The van der Waals surface area contributed by atoms with Crippen LogP contribution in [0.1, 0.15) is 23.3 Å². The molecule has 0 aliphatic carbocycles. The third-order valence-corrected chi connectivity index (χ3v) is 6.72. The number of nitrogens with two attached hydrogens (primary N) is 2. The zero-order valence-corrected chi connectivity index (χ0v) is 20.9. The van der Waals surface area contributed by atoms with Crippen LogP contribution in [0.15, 0.2) is 72.1 Å². The number of thiophene rings is 1. The second kappa shape index (κ2) is 13.3. The summed E-state index contributed by atoms with van der Waals surface area (Å²) in [6.07, 6.45) is -1.34. The van der Waals surface area contributed by atoms with E-state index in [1.165, 1.54) is 11.3 Å². The smallest absolute Gasteiger partial charge is 0.246 e. The van der Waals surface area contributed by atoms with E-state index in [1.54, 1.807) is 0 Å². The van der Waals surface area contributed by atoms with Crippen molar-refractivity contribution in [3.8, 4) is 11.1 Å². The molecule has 2 aromatic carbocycles. The van der Waals surface area contributed by atoms with Gasteiger partial charge >= 0.3 is 0 Å². The number of aliphatic hydroxyl groups is 1. The molecule has 9 nitrogen and oxygen atoms in total. The lowest BCUT2D eigenvalue weighted by atomic mass is 10.00. The Labute approximate surface area is 218 Å². The molecular weight excluding hydrogens is 492 g/mol. The maximum absolute atomic E-state index is 13.1. The van der Waals surface area contributed by atoms with Gasteiger partial charge in [0, 0.05) is 11.3 Å². The van der Waals surface area contributed by atoms with Gasteiger partial charge in [-0.1, -0.05) is 60.7 Å². The van der Waals surface area contributed by atoms with Crippen molar-refractivity contribution in [3.05, 3.63) is 82.6 Å². The Kier molecular flexibility index (Phi) is 9.93. The van der Waals surface area contributed by atoms with E-state index in [4.69, 9.17) is 11.5 Å². The number of hydrogen-bond acceptors (Lipinski definition) is 6. The minimum Gasteiger partial charge on any atom is -0.383 e. The average Bonchev–Trinajstić information content (AvgIpc) is 3.40. The SMILES string of the molecule is NC(=O)[C@H](O)CC(=O)N[C@H](CCc1cccs1)C(=O)N[C@@H](Cc1ccc(-c2ccccc2)cc1)C(N)=O. The molecule has 3 aromatic rings. The first-order valence-electron chi connectivity index (χ1n) is 11.8. The molecule has 0 unspecified atom stereocenters. The van der Waals surface area contributed by atoms with Crippen molar-refractivity contribution in [1.29, 1.82) is 0 Å². The fourth-order valence-corrected chi connectivity index (χ4v) is 4.46. The average molecular weight is 523 g/mol. The topological polar surface area (TPSA) is 165 Å². The van der Waals surface area contributed by atoms with Gasteiger partial charge in [-0.2, -0.15) is 0 Å². The maximum atomic E-state index is 13.1. The standard InChI is InChI=1S/C27H30N4O5S/c28-25(34)22(15-17-8-10-19(11-9-17)18-5-2-1-3-6-18)31-27(36)21(13-12-20-7-4-14-37-20)30-24(33)16-23(32)26(29)35/h1-11,14,21-23,32H,12-13,15-16H2,(H2,28,34)(H2,29,35)(H,30,33)(H,31,36)/t21-,22+,23-/m1/s1. The lowest BCUT2D eigenvalue weighted by molar-refractivity contribution is -0.134. The normalized spacial score (nSPS) is 13.2. The summed E-state index contributed by atoms with van der Waals surface area (Å²) in [6.45, 7) is 0. The van der Waals surface area contributed by atoms with Crippen LogP contribution in [0.5, 0.6) is 0 Å². The first-order chi connectivity index (χ1) is 17.7. The summed E-state index contributed by atoms with van der Waals surface area (Å²) >= 11 is 1.51. The quantitative estimate of drug-likeness (QED) is 0.228. The zero-order chi connectivity index (χ0) is 26.8. The molecule has 0 radical (unpaired) electrons. The summed E-state index contributed by atoms with van der Waals surface area (Å²) in [5.74, 6) is -3.07. The molecule has 0 bridgehead atoms. The van der Waals surface area contributed by atoms with E-state index in [9.17, 15) is 24.3 Å². The number of carbonyl (C=O) groups excluding carboxylic acids is 4. The van der Waals surface area contributed by atoms with Crippen LogP contribution in [-0.2, 0) is 32.0 Å². The third-order valence-electron chi connectivity index (χ3n) is 5.78. The highest BCUT2D eigenvalue weighted by atomic mass is 32.1. The van der Waals surface area contributed by atoms with E-state index in [0.717, 1.165) is 21.6 Å². The minimum atomic E-state index is -1.67. The van der Waals surface area contributed by atoms with Crippen molar-refractivity contribution >= 4 is 35.0 Å². The van der Waals surface area contributed by atoms with Crippen LogP contribution in [0, 0.1) is 0 Å². The van der Waals surface area contributed by atoms with Gasteiger partial charge in [0.2, 0.25) is 23.6 Å². The van der Waals surface area contributed by atoms with Crippen LogP contribution >= 0.6 is 11.3 Å². The van der Waals surface area contributed by atoms with Gasteiger partial charge in [0.25, 0.3) is 0 Å². The molecule has 0 fully saturated rings. The molecule has 194 valence electrons. The molecule has 1 heterocycles. The first kappa shape index (κ1) is 27.6. The number of amides is 4. The summed E-state index contributed by atoms with van der Waals surface area (Å²) in [6, 6.07) is 19.2. The van der Waals surface area contributed by atoms with E-state index in [0.29, 0.717) is 6.42 Å². The Bertz CT molecular complexity index is 1200. The molecule has 7 N–H and O–H groups in total. The van der Waals surface area contributed by atoms with Crippen LogP contribution < -0.4 is 22.1 Å². The predicted octanol–water partition coefficient (Wildman–Crippen LogP) is 1.28. The number of carbonyl (C=O) groups is 4. The van der Waals surface area contributed by atoms with Gasteiger partial charge in [0.05, 0.1) is 6.42 Å². The van der Waals surface area contributed by atoms with E-state index in [-0.39, 0.29) is 12.8 Å². The number of rotatable bonds is 13. The van der Waals surface area contributed by atoms with Crippen LogP contribution in [0.2, 0.25) is 0 Å². The van der Waals surface area contributed by atoms with Crippen LogP contribution in [-0.4, -0.2) is 46.9 Å². The fraction of sp³-hybridized carbons (Fsp3) is 0.259. The summed E-state index contributed by atoms with van der Waals surface area (Å²) in [4.78, 5) is 49.7. The van der Waals surface area contributed by atoms with Crippen molar-refractivity contribution in [2.45, 2.75) is 43.9 Å². The van der Waals surface area contributed by atoms with Gasteiger partial charge in [-0.25, -0.2) is 0 Å². The van der Waals surface area contributed by atoms with E-state index >= 15 is 0 Å². The molecule has 0 aliphatic rings. The number of primary amides is 2. The Balaban J connectivity index is 1.68. The molecule has 0 aliphatic heterocycles. The van der Waals surface area contributed by atoms with Gasteiger partial charge in [0.1, 0.15) is 18.2 Å². The molecule has 4 amide bonds. The number of hydrogen-bond donors (Lipinski definition) is 5. The highest BCUT2D eigenvalue weighted by Crippen LogP contribution is 2.20. The van der Waals surface area contributed by atoms with Crippen molar-refractivity contribution in [2.75, 3.05) is 0 Å². The van der Waals surface area contributed by atoms with Crippen LogP contribution in [0.4, 0.5) is 0 Å². The van der Waals surface area contributed by atoms with E-state index in [2.05, 4.69) is 10.6 Å². The zero-order valence-electron chi connectivity index (χ0n) is 20.1. The Morgan fingerprint density at radius 2 is 1.49 bits per heavy atom. The maximum Gasteiger partial charge on any atom is 0.246 e. The summed E-state index contributed by atoms with van der Waals surface area (Å²) in [7, 11) is 0. The summed E-state index contributed by atoms with van der Waals surface area (Å²) < 4.78 is 0. The minimum absolute atomic E-state index is 0.169. The summed E-state index contributed by atoms with van der Waals surface area (Å²) in [5.41, 5.74) is 13.5. The van der Waals surface area contributed by atoms with Gasteiger partial charge in [0.15, 0.2) is 0 Å². The monoisotopic (exact) mass is 522 g/mol. The largest absolute Gasteiger partial charge is 0.383 e. The Hall–Kier alpha value is -4.02. The molecule has 0 spiro atoms. The third kappa shape index (κ3) is 8.55. The highest BCUT2D eigenvalue weighted by Gasteiger charge is 2.27. The van der Waals surface area contributed by atoms with Crippen LogP contribution in [0.25, 0.3) is 11.1 Å². The molecular formula is C27H30N4O5S. The van der Waals surface area contributed by atoms with Crippen molar-refractivity contribution in [3.63, 3.8) is 0 Å². The lowest BCUT2D eigenvalue weighted by Gasteiger charge is -2.22. The van der Waals surface area contributed by atoms with Gasteiger partial charge < -0.3 is 27.2 Å². The van der Waals surface area contributed by atoms with Crippen molar-refractivity contribution < 1.29 is 24.3 Å².